The third-order valence-electron chi connectivity index (χ3n) is 4.76. The molecule has 1 aromatic carbocycles. The van der Waals surface area contributed by atoms with Crippen molar-refractivity contribution >= 4 is 27.7 Å². The highest BCUT2D eigenvalue weighted by Gasteiger charge is 2.53. The predicted octanol–water partition coefficient (Wildman–Crippen LogP) is 4.95. The number of rotatable bonds is 3. The van der Waals surface area contributed by atoms with Crippen molar-refractivity contribution in [3.05, 3.63) is 34.3 Å². The zero-order valence-corrected chi connectivity index (χ0v) is 17.6. The molecule has 0 amide bonds. The Morgan fingerprint density at radius 1 is 1.27 bits per heavy atom. The number of esters is 1. The lowest BCUT2D eigenvalue weighted by Gasteiger charge is -2.42. The van der Waals surface area contributed by atoms with E-state index in [0.29, 0.717) is 18.4 Å². The van der Waals surface area contributed by atoms with Crippen LogP contribution < -0.4 is 0 Å². The first-order valence-electron chi connectivity index (χ1n) is 8.82. The highest BCUT2D eigenvalue weighted by Crippen LogP contribution is 2.47. The lowest BCUT2D eigenvalue weighted by molar-refractivity contribution is -0.163. The van der Waals surface area contributed by atoms with Crippen LogP contribution in [0.1, 0.15) is 59.4 Å². The Labute approximate surface area is 164 Å². The summed E-state index contributed by atoms with van der Waals surface area (Å²) in [5.74, 6) is -0.906. The highest BCUT2D eigenvalue weighted by molar-refractivity contribution is 9.10. The largest absolute Gasteiger partial charge is 0.459 e. The lowest BCUT2D eigenvalue weighted by atomic mass is 9.60. The van der Waals surface area contributed by atoms with Gasteiger partial charge < -0.3 is 4.74 Å². The van der Waals surface area contributed by atoms with E-state index in [4.69, 9.17) is 4.74 Å². The number of carbonyl (C=O) groups excluding carboxylic acids is 2. The van der Waals surface area contributed by atoms with Crippen LogP contribution in [0, 0.1) is 22.7 Å². The molecule has 1 aliphatic carbocycles. The topological polar surface area (TPSA) is 67.2 Å². The van der Waals surface area contributed by atoms with Crippen molar-refractivity contribution in [2.45, 2.75) is 64.9 Å². The monoisotopic (exact) mass is 419 g/mol. The van der Waals surface area contributed by atoms with E-state index in [-0.39, 0.29) is 17.6 Å². The van der Waals surface area contributed by atoms with Crippen molar-refractivity contribution in [1.29, 1.82) is 5.26 Å². The number of nitrogens with zero attached hydrogens (tertiary/aromatic N) is 1. The molecule has 26 heavy (non-hydrogen) atoms. The minimum atomic E-state index is -1.50. The number of hydrogen-bond donors (Lipinski definition) is 0. The van der Waals surface area contributed by atoms with Crippen LogP contribution in [0.4, 0.5) is 0 Å². The Hall–Kier alpha value is -1.67. The van der Waals surface area contributed by atoms with Crippen LogP contribution in [-0.4, -0.2) is 17.4 Å². The smallest absolute Gasteiger partial charge is 0.331 e. The summed E-state index contributed by atoms with van der Waals surface area (Å²) < 4.78 is 6.51. The van der Waals surface area contributed by atoms with E-state index in [1.54, 1.807) is 32.9 Å². The van der Waals surface area contributed by atoms with Crippen LogP contribution in [0.15, 0.2) is 28.7 Å². The molecule has 5 heteroatoms. The van der Waals surface area contributed by atoms with Gasteiger partial charge in [0.05, 0.1) is 6.07 Å². The van der Waals surface area contributed by atoms with Gasteiger partial charge in [-0.3, -0.25) is 4.79 Å². The lowest BCUT2D eigenvalue weighted by Crippen LogP contribution is -2.49. The molecule has 2 rings (SSSR count). The predicted molar refractivity (Wildman–Crippen MR) is 103 cm³/mol. The van der Waals surface area contributed by atoms with Crippen LogP contribution in [0.2, 0.25) is 0 Å². The average Bonchev–Trinajstić information content (AvgIpc) is 2.46. The first kappa shape index (κ1) is 20.6. The van der Waals surface area contributed by atoms with Gasteiger partial charge in [-0.1, -0.05) is 41.9 Å². The maximum Gasteiger partial charge on any atom is 0.331 e. The van der Waals surface area contributed by atoms with Gasteiger partial charge in [0, 0.05) is 17.3 Å². The molecule has 0 bridgehead atoms. The summed E-state index contributed by atoms with van der Waals surface area (Å²) >= 11 is 3.39. The van der Waals surface area contributed by atoms with Gasteiger partial charge in [-0.25, -0.2) is 4.79 Å². The molecule has 2 atom stereocenters. The van der Waals surface area contributed by atoms with Crippen molar-refractivity contribution in [3.8, 4) is 6.07 Å². The molecule has 1 saturated carbocycles. The van der Waals surface area contributed by atoms with E-state index in [0.717, 1.165) is 4.47 Å². The Morgan fingerprint density at radius 3 is 2.31 bits per heavy atom. The number of ketones is 1. The molecule has 0 unspecified atom stereocenters. The van der Waals surface area contributed by atoms with Crippen molar-refractivity contribution in [1.82, 2.24) is 0 Å². The SMILES string of the molecule is CC1(C)CC(=O)C[C@@H]([C@](C#N)(C(=O)OC(C)(C)C)c2ccc(Br)cc2)C1. The number of halogens is 1. The molecule has 1 fully saturated rings. The third kappa shape index (κ3) is 4.35. The second kappa shape index (κ2) is 7.15. The van der Waals surface area contributed by atoms with Gasteiger partial charge in [0.1, 0.15) is 11.4 Å². The van der Waals surface area contributed by atoms with Crippen molar-refractivity contribution in [3.63, 3.8) is 0 Å². The van der Waals surface area contributed by atoms with Gasteiger partial charge in [0.15, 0.2) is 5.41 Å². The quantitative estimate of drug-likeness (QED) is 0.649. The van der Waals surface area contributed by atoms with Gasteiger partial charge in [-0.2, -0.15) is 5.26 Å². The van der Waals surface area contributed by atoms with Crippen molar-refractivity contribution < 1.29 is 14.3 Å². The van der Waals surface area contributed by atoms with Crippen LogP contribution >= 0.6 is 15.9 Å². The summed E-state index contributed by atoms with van der Waals surface area (Å²) in [5, 5.41) is 10.2. The fraction of sp³-hybridized carbons (Fsp3) is 0.571. The number of nitriles is 1. The zero-order valence-electron chi connectivity index (χ0n) is 16.1. The van der Waals surface area contributed by atoms with E-state index in [2.05, 4.69) is 22.0 Å². The summed E-state index contributed by atoms with van der Waals surface area (Å²) in [4.78, 5) is 25.6. The standard InChI is InChI=1S/C21H26BrNO3/c1-19(2,3)26-18(25)21(13-23,14-6-8-16(22)9-7-14)15-10-17(24)12-20(4,5)11-15/h6-9,15H,10-12H2,1-5H3/t15-,21-/m1/s1. The number of Topliss-reactive ketones (excluding diaryl/α,β-unsaturated/α-hetero) is 1. The minimum absolute atomic E-state index is 0.0894. The highest BCUT2D eigenvalue weighted by atomic mass is 79.9. The van der Waals surface area contributed by atoms with E-state index in [1.165, 1.54) is 0 Å². The molecular weight excluding hydrogens is 394 g/mol. The third-order valence-corrected chi connectivity index (χ3v) is 5.29. The van der Waals surface area contributed by atoms with E-state index < -0.39 is 22.9 Å². The normalized spacial score (nSPS) is 22.2. The van der Waals surface area contributed by atoms with Crippen LogP contribution in [-0.2, 0) is 19.7 Å². The van der Waals surface area contributed by atoms with Gasteiger partial charge >= 0.3 is 5.97 Å². The summed E-state index contributed by atoms with van der Waals surface area (Å²) in [6, 6.07) is 9.41. The molecule has 0 N–H and O–H groups in total. The zero-order chi connectivity index (χ0) is 19.8. The second-order valence-electron chi connectivity index (χ2n) is 8.91. The van der Waals surface area contributed by atoms with Crippen molar-refractivity contribution in [2.24, 2.45) is 11.3 Å². The van der Waals surface area contributed by atoms with E-state index in [1.807, 2.05) is 26.0 Å². The average molecular weight is 420 g/mol. The summed E-state index contributed by atoms with van der Waals surface area (Å²) in [6.07, 6.45) is 1.30. The minimum Gasteiger partial charge on any atom is -0.459 e. The Morgan fingerprint density at radius 2 is 1.85 bits per heavy atom. The van der Waals surface area contributed by atoms with Crippen LogP contribution in [0.25, 0.3) is 0 Å². The Kier molecular flexibility index (Phi) is 5.68. The van der Waals surface area contributed by atoms with E-state index >= 15 is 0 Å². The number of hydrogen-bond acceptors (Lipinski definition) is 4. The molecule has 4 nitrogen and oxygen atoms in total. The maximum absolute atomic E-state index is 13.2. The molecule has 0 aromatic heterocycles. The van der Waals surface area contributed by atoms with Crippen LogP contribution in [0.5, 0.6) is 0 Å². The Bertz CT molecular complexity index is 740. The fourth-order valence-corrected chi connectivity index (χ4v) is 4.06. The van der Waals surface area contributed by atoms with Crippen molar-refractivity contribution in [2.75, 3.05) is 0 Å². The first-order chi connectivity index (χ1) is 11.9. The van der Waals surface area contributed by atoms with Gasteiger partial charge in [-0.15, -0.1) is 0 Å². The molecule has 0 heterocycles. The Balaban J connectivity index is 2.60. The second-order valence-corrected chi connectivity index (χ2v) is 9.83. The summed E-state index contributed by atoms with van der Waals surface area (Å²) in [6.45, 7) is 9.37. The number of ether oxygens (including phenoxy) is 1. The molecule has 140 valence electrons. The molecular formula is C21H26BrNO3. The number of carbonyl (C=O) groups is 2. The maximum atomic E-state index is 13.2. The molecule has 1 aromatic rings. The first-order valence-corrected chi connectivity index (χ1v) is 9.61. The summed E-state index contributed by atoms with van der Waals surface area (Å²) in [7, 11) is 0. The van der Waals surface area contributed by atoms with Gasteiger partial charge in [0.25, 0.3) is 0 Å². The molecule has 0 aliphatic heterocycles. The van der Waals surface area contributed by atoms with Gasteiger partial charge in [-0.05, 0) is 56.2 Å². The fourth-order valence-electron chi connectivity index (χ4n) is 3.79. The molecule has 1 aliphatic rings. The molecule has 0 radical (unpaired) electrons. The molecule has 0 saturated heterocycles. The summed E-state index contributed by atoms with van der Waals surface area (Å²) in [5.41, 5.74) is -1.89. The van der Waals surface area contributed by atoms with Gasteiger partial charge in [0.2, 0.25) is 0 Å². The van der Waals surface area contributed by atoms with E-state index in [9.17, 15) is 14.9 Å². The van der Waals surface area contributed by atoms with Crippen LogP contribution in [0.3, 0.4) is 0 Å². The molecule has 0 spiro atoms. The number of benzene rings is 1.